The fourth-order valence-electron chi connectivity index (χ4n) is 2.28. The van der Waals surface area contributed by atoms with E-state index >= 15 is 0 Å². The lowest BCUT2D eigenvalue weighted by atomic mass is 10.0. The first-order valence-electron chi connectivity index (χ1n) is 6.83. The Morgan fingerprint density at radius 2 is 2.05 bits per heavy atom. The van der Waals surface area contributed by atoms with Gasteiger partial charge in [-0.15, -0.1) is 13.2 Å². The van der Waals surface area contributed by atoms with Gasteiger partial charge < -0.3 is 10.1 Å². The molecule has 124 valence electrons. The average Bonchev–Trinajstić information content (AvgIpc) is 2.45. The summed E-state index contributed by atoms with van der Waals surface area (Å²) >= 11 is 0. The Balaban J connectivity index is 2.11. The van der Waals surface area contributed by atoms with Gasteiger partial charge in [0.25, 0.3) is 0 Å². The first kappa shape index (κ1) is 17.0. The lowest BCUT2D eigenvalue weighted by Crippen LogP contribution is -2.38. The molecule has 0 spiro atoms. The lowest BCUT2D eigenvalue weighted by Gasteiger charge is -2.23. The molecular formula is C13H17F3N2O3S. The van der Waals surface area contributed by atoms with Gasteiger partial charge in [0.05, 0.1) is 0 Å². The number of piperidine rings is 1. The van der Waals surface area contributed by atoms with E-state index in [2.05, 4.69) is 14.8 Å². The van der Waals surface area contributed by atoms with E-state index < -0.39 is 27.0 Å². The van der Waals surface area contributed by atoms with Gasteiger partial charge in [-0.1, -0.05) is 12.1 Å². The summed E-state index contributed by atoms with van der Waals surface area (Å²) in [4.78, 5) is -0.518. The molecule has 5 nitrogen and oxygen atoms in total. The van der Waals surface area contributed by atoms with E-state index in [1.54, 1.807) is 0 Å². The monoisotopic (exact) mass is 338 g/mol. The molecule has 0 amide bonds. The second-order valence-corrected chi connectivity index (χ2v) is 6.79. The third-order valence-corrected chi connectivity index (χ3v) is 4.79. The van der Waals surface area contributed by atoms with Crippen LogP contribution in [0.2, 0.25) is 0 Å². The van der Waals surface area contributed by atoms with Crippen molar-refractivity contribution < 1.29 is 26.3 Å². The molecule has 0 radical (unpaired) electrons. The molecule has 1 aromatic carbocycles. The second kappa shape index (κ2) is 6.84. The van der Waals surface area contributed by atoms with Gasteiger partial charge in [-0.2, -0.15) is 0 Å². The van der Waals surface area contributed by atoms with Gasteiger partial charge in [-0.05, 0) is 44.0 Å². The minimum Gasteiger partial charge on any atom is -0.404 e. The molecule has 22 heavy (non-hydrogen) atoms. The van der Waals surface area contributed by atoms with Gasteiger partial charge in [-0.3, -0.25) is 0 Å². The van der Waals surface area contributed by atoms with Crippen LogP contribution < -0.4 is 14.8 Å². The largest absolute Gasteiger partial charge is 0.573 e. The Labute approximate surface area is 126 Å². The van der Waals surface area contributed by atoms with Crippen LogP contribution in [0.3, 0.4) is 0 Å². The summed E-state index contributed by atoms with van der Waals surface area (Å²) in [6, 6.07) is 4.69. The highest BCUT2D eigenvalue weighted by Crippen LogP contribution is 2.29. The molecule has 1 unspecified atom stereocenters. The molecule has 0 saturated carbocycles. The summed E-state index contributed by atoms with van der Waals surface area (Å²) in [5.41, 5.74) is 0. The van der Waals surface area contributed by atoms with Gasteiger partial charge in [0.1, 0.15) is 10.6 Å². The Bertz CT molecular complexity index is 599. The van der Waals surface area contributed by atoms with Crippen molar-refractivity contribution in [1.82, 2.24) is 10.0 Å². The van der Waals surface area contributed by atoms with Gasteiger partial charge in [-0.25, -0.2) is 13.1 Å². The van der Waals surface area contributed by atoms with Gasteiger partial charge in [0, 0.05) is 6.54 Å². The molecule has 1 atom stereocenters. The molecule has 2 N–H and O–H groups in total. The Morgan fingerprint density at radius 1 is 1.32 bits per heavy atom. The quantitative estimate of drug-likeness (QED) is 0.860. The summed E-state index contributed by atoms with van der Waals surface area (Å²) in [7, 11) is -4.07. The zero-order valence-corrected chi connectivity index (χ0v) is 12.5. The molecule has 0 aliphatic carbocycles. The van der Waals surface area contributed by atoms with Crippen molar-refractivity contribution >= 4 is 10.0 Å². The van der Waals surface area contributed by atoms with Crippen molar-refractivity contribution in [3.8, 4) is 5.75 Å². The van der Waals surface area contributed by atoms with Crippen LogP contribution in [0.1, 0.15) is 12.8 Å². The molecule has 1 aromatic rings. The van der Waals surface area contributed by atoms with Crippen molar-refractivity contribution in [1.29, 1.82) is 0 Å². The molecule has 1 heterocycles. The fraction of sp³-hybridized carbons (Fsp3) is 0.538. The third-order valence-electron chi connectivity index (χ3n) is 3.33. The van der Waals surface area contributed by atoms with Crippen molar-refractivity contribution in [3.63, 3.8) is 0 Å². The summed E-state index contributed by atoms with van der Waals surface area (Å²) in [5, 5.41) is 3.15. The first-order valence-corrected chi connectivity index (χ1v) is 8.31. The van der Waals surface area contributed by atoms with E-state index in [4.69, 9.17) is 0 Å². The van der Waals surface area contributed by atoms with Crippen molar-refractivity contribution in [2.45, 2.75) is 24.1 Å². The summed E-state index contributed by atoms with van der Waals surface area (Å²) < 4.78 is 67.6. The Hall–Kier alpha value is -1.32. The molecule has 0 bridgehead atoms. The van der Waals surface area contributed by atoms with Gasteiger partial charge >= 0.3 is 6.36 Å². The van der Waals surface area contributed by atoms with Crippen LogP contribution in [0, 0.1) is 5.92 Å². The summed E-state index contributed by atoms with van der Waals surface area (Å²) in [6.07, 6.45) is -3.13. The number of nitrogens with one attached hydrogen (secondary N) is 2. The number of benzene rings is 1. The molecule has 1 fully saturated rings. The van der Waals surface area contributed by atoms with E-state index in [9.17, 15) is 21.6 Å². The number of para-hydroxylation sites is 1. The third kappa shape index (κ3) is 4.85. The van der Waals surface area contributed by atoms with Gasteiger partial charge in [0.2, 0.25) is 10.0 Å². The molecular weight excluding hydrogens is 321 g/mol. The van der Waals surface area contributed by atoms with Crippen molar-refractivity contribution in [3.05, 3.63) is 24.3 Å². The summed E-state index contributed by atoms with van der Waals surface area (Å²) in [5.74, 6) is -0.608. The minimum absolute atomic E-state index is 0.124. The highest BCUT2D eigenvalue weighted by Gasteiger charge is 2.34. The van der Waals surface area contributed by atoms with Crippen LogP contribution >= 0.6 is 0 Å². The zero-order valence-electron chi connectivity index (χ0n) is 11.7. The number of alkyl halides is 3. The first-order chi connectivity index (χ1) is 10.3. The highest BCUT2D eigenvalue weighted by molar-refractivity contribution is 7.89. The molecule has 1 aliphatic heterocycles. The molecule has 9 heteroatoms. The number of halogens is 3. The predicted molar refractivity (Wildman–Crippen MR) is 73.9 cm³/mol. The molecule has 2 rings (SSSR count). The Kier molecular flexibility index (Phi) is 5.30. The van der Waals surface area contributed by atoms with E-state index in [-0.39, 0.29) is 12.5 Å². The highest BCUT2D eigenvalue weighted by atomic mass is 32.2. The lowest BCUT2D eigenvalue weighted by molar-refractivity contribution is -0.275. The van der Waals surface area contributed by atoms with E-state index in [1.807, 2.05) is 0 Å². The fourth-order valence-corrected chi connectivity index (χ4v) is 3.53. The van der Waals surface area contributed by atoms with E-state index in [1.165, 1.54) is 12.1 Å². The molecule has 0 aromatic heterocycles. The van der Waals surface area contributed by atoms with Crippen LogP contribution in [0.25, 0.3) is 0 Å². The standard InChI is InChI=1S/C13H17F3N2O3S/c14-13(15,16)21-11-5-1-2-6-12(11)22(19,20)18-9-10-4-3-7-17-8-10/h1-2,5-6,10,17-18H,3-4,7-9H2. The Morgan fingerprint density at radius 3 is 2.68 bits per heavy atom. The number of ether oxygens (including phenoxy) is 1. The maximum absolute atomic E-state index is 12.3. The maximum atomic E-state index is 12.3. The number of hydrogen-bond acceptors (Lipinski definition) is 4. The van der Waals surface area contributed by atoms with E-state index in [0.717, 1.165) is 31.5 Å². The molecule has 1 saturated heterocycles. The van der Waals surface area contributed by atoms with Crippen LogP contribution in [-0.4, -0.2) is 34.4 Å². The number of sulfonamides is 1. The van der Waals surface area contributed by atoms with Crippen LogP contribution in [0.5, 0.6) is 5.75 Å². The zero-order chi connectivity index (χ0) is 16.2. The van der Waals surface area contributed by atoms with Crippen LogP contribution in [0.15, 0.2) is 29.2 Å². The topological polar surface area (TPSA) is 67.4 Å². The SMILES string of the molecule is O=S(=O)(NCC1CCCNC1)c1ccccc1OC(F)(F)F. The van der Waals surface area contributed by atoms with Crippen LogP contribution in [-0.2, 0) is 10.0 Å². The molecule has 1 aliphatic rings. The normalized spacial score (nSPS) is 19.9. The van der Waals surface area contributed by atoms with Crippen molar-refractivity contribution in [2.75, 3.05) is 19.6 Å². The van der Waals surface area contributed by atoms with Gasteiger partial charge in [0.15, 0.2) is 0 Å². The minimum atomic E-state index is -4.95. The second-order valence-electron chi connectivity index (χ2n) is 5.06. The van der Waals surface area contributed by atoms with Crippen molar-refractivity contribution in [2.24, 2.45) is 5.92 Å². The summed E-state index contributed by atoms with van der Waals surface area (Å²) in [6.45, 7) is 1.75. The number of hydrogen-bond donors (Lipinski definition) is 2. The predicted octanol–water partition coefficient (Wildman–Crippen LogP) is 1.86. The number of rotatable bonds is 5. The smallest absolute Gasteiger partial charge is 0.404 e. The van der Waals surface area contributed by atoms with E-state index in [0.29, 0.717) is 6.54 Å². The average molecular weight is 338 g/mol. The maximum Gasteiger partial charge on any atom is 0.573 e. The van der Waals surface area contributed by atoms with Crippen LogP contribution in [0.4, 0.5) is 13.2 Å².